The van der Waals surface area contributed by atoms with E-state index in [1.807, 2.05) is 28.9 Å². The van der Waals surface area contributed by atoms with E-state index in [1.54, 1.807) is 18.5 Å². The first-order valence-electron chi connectivity index (χ1n) is 12.4. The Bertz CT molecular complexity index is 1350. The zero-order valence-electron chi connectivity index (χ0n) is 20.7. The molecule has 2 aromatic heterocycles. The molecule has 3 heterocycles. The van der Waals surface area contributed by atoms with Crippen LogP contribution in [0.3, 0.4) is 0 Å². The van der Waals surface area contributed by atoms with Crippen molar-refractivity contribution in [2.75, 3.05) is 13.2 Å². The van der Waals surface area contributed by atoms with Crippen molar-refractivity contribution in [1.29, 1.82) is 0 Å². The summed E-state index contributed by atoms with van der Waals surface area (Å²) in [6, 6.07) is 15.0. The summed E-state index contributed by atoms with van der Waals surface area (Å²) in [5, 5.41) is 17.6. The predicted octanol–water partition coefficient (Wildman–Crippen LogP) is 5.09. The molecular formula is C29H31FN4O2. The van der Waals surface area contributed by atoms with E-state index < -0.39 is 0 Å². The Morgan fingerprint density at radius 2 is 1.94 bits per heavy atom. The number of hydrogen-bond donors (Lipinski definition) is 2. The molecule has 2 aromatic carbocycles. The number of pyridine rings is 1. The first-order valence-corrected chi connectivity index (χ1v) is 12.4. The quantitative estimate of drug-likeness (QED) is 0.363. The number of ether oxygens (including phenoxy) is 1. The molecule has 1 aliphatic rings. The van der Waals surface area contributed by atoms with E-state index in [9.17, 15) is 5.11 Å². The first-order chi connectivity index (χ1) is 17.5. The molecule has 186 valence electrons. The molecule has 5 rings (SSSR count). The molecule has 0 radical (unpaired) electrons. The van der Waals surface area contributed by atoms with Crippen LogP contribution < -0.4 is 10.1 Å². The Hall–Kier alpha value is -3.55. The predicted molar refractivity (Wildman–Crippen MR) is 138 cm³/mol. The number of aliphatic hydroxyl groups is 1. The Morgan fingerprint density at radius 1 is 1.11 bits per heavy atom. The van der Waals surface area contributed by atoms with Crippen LogP contribution in [0.5, 0.6) is 5.75 Å². The lowest BCUT2D eigenvalue weighted by molar-refractivity contribution is 0.297. The Kier molecular flexibility index (Phi) is 7.11. The topological polar surface area (TPSA) is 72.2 Å². The van der Waals surface area contributed by atoms with Crippen LogP contribution >= 0.6 is 0 Å². The summed E-state index contributed by atoms with van der Waals surface area (Å²) < 4.78 is 23.5. The fourth-order valence-corrected chi connectivity index (χ4v) is 4.85. The summed E-state index contributed by atoms with van der Waals surface area (Å²) in [5.41, 5.74) is 7.29. The lowest BCUT2D eigenvalue weighted by Crippen LogP contribution is -2.28. The molecule has 1 aliphatic heterocycles. The Labute approximate surface area is 210 Å². The van der Waals surface area contributed by atoms with Crippen molar-refractivity contribution >= 4 is 0 Å². The van der Waals surface area contributed by atoms with Gasteiger partial charge >= 0.3 is 0 Å². The number of aliphatic hydroxyl groups excluding tert-OH is 1. The summed E-state index contributed by atoms with van der Waals surface area (Å²) in [6.07, 6.45) is 4.06. The van der Waals surface area contributed by atoms with Gasteiger partial charge in [0.1, 0.15) is 23.9 Å². The third kappa shape index (κ3) is 4.90. The molecule has 0 atom stereocenters. The maximum absolute atomic E-state index is 15.5. The van der Waals surface area contributed by atoms with Crippen molar-refractivity contribution in [3.63, 3.8) is 0 Å². The van der Waals surface area contributed by atoms with Gasteiger partial charge in [-0.2, -0.15) is 5.10 Å². The van der Waals surface area contributed by atoms with Gasteiger partial charge in [-0.05, 0) is 53.3 Å². The van der Waals surface area contributed by atoms with Crippen LogP contribution in [0.4, 0.5) is 4.39 Å². The van der Waals surface area contributed by atoms with Crippen LogP contribution in [0.25, 0.3) is 22.4 Å². The number of hydrogen-bond acceptors (Lipinski definition) is 5. The average Bonchev–Trinajstić information content (AvgIpc) is 3.28. The zero-order chi connectivity index (χ0) is 25.1. The molecule has 4 aromatic rings. The van der Waals surface area contributed by atoms with Gasteiger partial charge in [0, 0.05) is 54.8 Å². The van der Waals surface area contributed by atoms with Crippen LogP contribution in [0.2, 0.25) is 0 Å². The minimum atomic E-state index is -0.347. The minimum Gasteiger partial charge on any atom is -0.489 e. The molecule has 0 bridgehead atoms. The highest BCUT2D eigenvalue weighted by Gasteiger charge is 2.24. The van der Waals surface area contributed by atoms with Crippen LogP contribution in [0.15, 0.2) is 60.9 Å². The Balaban J connectivity index is 1.42. The van der Waals surface area contributed by atoms with Gasteiger partial charge in [0.25, 0.3) is 0 Å². The maximum Gasteiger partial charge on any atom is 0.134 e. The van der Waals surface area contributed by atoms with Gasteiger partial charge in [-0.3, -0.25) is 9.67 Å². The maximum atomic E-state index is 15.5. The minimum absolute atomic E-state index is 0.103. The van der Waals surface area contributed by atoms with Crippen molar-refractivity contribution in [3.8, 4) is 28.1 Å². The molecule has 0 amide bonds. The molecule has 0 aliphatic carbocycles. The summed E-state index contributed by atoms with van der Waals surface area (Å²) in [5.74, 6) is 0.503. The molecule has 0 saturated carbocycles. The first kappa shape index (κ1) is 24.2. The second-order valence-corrected chi connectivity index (χ2v) is 9.40. The highest BCUT2D eigenvalue weighted by Crippen LogP contribution is 2.37. The average molecular weight is 487 g/mol. The number of nitrogens with one attached hydrogen (secondary N) is 1. The van der Waals surface area contributed by atoms with Gasteiger partial charge in [-0.1, -0.05) is 32.0 Å². The largest absolute Gasteiger partial charge is 0.489 e. The standard InChI is InChI=1S/C29H31FN4O2/c1-19(2)24-5-3-20(15-22(24)9-14-35)18-36-23-4-6-25(26(30)16-23)28-27-17-32-12-13-34(27)33-29(28)21-7-10-31-11-8-21/h3-8,10-11,15-16,19,32,35H,9,12-14,17-18H2,1-2H3. The fraction of sp³-hybridized carbons (Fsp3) is 0.310. The van der Waals surface area contributed by atoms with Gasteiger partial charge in [0.05, 0.1) is 12.2 Å². The van der Waals surface area contributed by atoms with E-state index >= 15 is 4.39 Å². The summed E-state index contributed by atoms with van der Waals surface area (Å²) >= 11 is 0. The van der Waals surface area contributed by atoms with E-state index in [0.29, 0.717) is 36.8 Å². The Morgan fingerprint density at radius 3 is 2.69 bits per heavy atom. The van der Waals surface area contributed by atoms with Gasteiger partial charge in [0.15, 0.2) is 0 Å². The number of halogens is 1. The van der Waals surface area contributed by atoms with Gasteiger partial charge in [-0.15, -0.1) is 0 Å². The highest BCUT2D eigenvalue weighted by molar-refractivity contribution is 5.83. The molecule has 0 spiro atoms. The van der Waals surface area contributed by atoms with Gasteiger partial charge in [0.2, 0.25) is 0 Å². The van der Waals surface area contributed by atoms with Crippen LogP contribution in [0, 0.1) is 5.82 Å². The molecule has 0 fully saturated rings. The van der Waals surface area contributed by atoms with Crippen molar-refractivity contribution in [3.05, 3.63) is 89.1 Å². The van der Waals surface area contributed by atoms with E-state index in [2.05, 4.69) is 36.3 Å². The summed E-state index contributed by atoms with van der Waals surface area (Å²) in [4.78, 5) is 4.11. The van der Waals surface area contributed by atoms with E-state index in [1.165, 1.54) is 11.6 Å². The molecular weight excluding hydrogens is 455 g/mol. The molecule has 2 N–H and O–H groups in total. The molecule has 7 heteroatoms. The number of fused-ring (bicyclic) bond motifs is 1. The van der Waals surface area contributed by atoms with Crippen LogP contribution in [-0.4, -0.2) is 33.0 Å². The van der Waals surface area contributed by atoms with E-state index in [4.69, 9.17) is 9.84 Å². The van der Waals surface area contributed by atoms with Crippen molar-refractivity contribution in [2.24, 2.45) is 0 Å². The number of aromatic nitrogens is 3. The summed E-state index contributed by atoms with van der Waals surface area (Å²) in [7, 11) is 0. The normalized spacial score (nSPS) is 13.1. The second-order valence-electron chi connectivity index (χ2n) is 9.40. The third-order valence-corrected chi connectivity index (χ3v) is 6.63. The third-order valence-electron chi connectivity index (χ3n) is 6.63. The molecule has 6 nitrogen and oxygen atoms in total. The SMILES string of the molecule is CC(C)c1ccc(COc2ccc(-c3c(-c4ccncc4)nn4c3CNCC4)c(F)c2)cc1CCO. The van der Waals surface area contributed by atoms with Crippen molar-refractivity contribution < 1.29 is 14.2 Å². The van der Waals surface area contributed by atoms with Crippen molar-refractivity contribution in [1.82, 2.24) is 20.1 Å². The monoisotopic (exact) mass is 486 g/mol. The van der Waals surface area contributed by atoms with E-state index in [0.717, 1.165) is 46.7 Å². The van der Waals surface area contributed by atoms with Crippen molar-refractivity contribution in [2.45, 2.75) is 45.9 Å². The highest BCUT2D eigenvalue weighted by atomic mass is 19.1. The molecule has 0 unspecified atom stereocenters. The smallest absolute Gasteiger partial charge is 0.134 e. The van der Waals surface area contributed by atoms with Crippen LogP contribution in [0.1, 0.15) is 42.1 Å². The summed E-state index contributed by atoms with van der Waals surface area (Å²) in [6.45, 7) is 6.92. The number of rotatable bonds is 8. The molecule has 36 heavy (non-hydrogen) atoms. The van der Waals surface area contributed by atoms with Gasteiger partial charge < -0.3 is 15.2 Å². The van der Waals surface area contributed by atoms with Gasteiger partial charge in [-0.25, -0.2) is 4.39 Å². The molecule has 0 saturated heterocycles. The van der Waals surface area contributed by atoms with Crippen LogP contribution in [-0.2, 0) is 26.1 Å². The fourth-order valence-electron chi connectivity index (χ4n) is 4.85. The lowest BCUT2D eigenvalue weighted by atomic mass is 9.94. The zero-order valence-corrected chi connectivity index (χ0v) is 20.7. The second kappa shape index (κ2) is 10.6. The number of benzene rings is 2. The number of nitrogens with zero attached hydrogens (tertiary/aromatic N) is 3. The lowest BCUT2D eigenvalue weighted by Gasteiger charge is -2.17. The van der Waals surface area contributed by atoms with E-state index in [-0.39, 0.29) is 12.4 Å².